The highest BCUT2D eigenvalue weighted by Crippen LogP contribution is 2.35. The van der Waals surface area contributed by atoms with Crippen molar-refractivity contribution in [1.82, 2.24) is 4.90 Å². The van der Waals surface area contributed by atoms with Crippen molar-refractivity contribution in [3.05, 3.63) is 29.8 Å². The molecule has 1 fully saturated rings. The number of carboxylic acids is 1. The van der Waals surface area contributed by atoms with Crippen LogP contribution in [0.25, 0.3) is 0 Å². The average Bonchev–Trinajstić information content (AvgIpc) is 2.49. The SMILES string of the molecule is CCC1(C(=O)O)CCN(C(=O)Nc2ccc(C)cc2)CC1. The summed E-state index contributed by atoms with van der Waals surface area (Å²) < 4.78 is 0. The quantitative estimate of drug-likeness (QED) is 0.898. The second kappa shape index (κ2) is 6.16. The Labute approximate surface area is 125 Å². The Morgan fingerprint density at radius 3 is 2.29 bits per heavy atom. The number of rotatable bonds is 3. The van der Waals surface area contributed by atoms with Crippen molar-refractivity contribution in [2.75, 3.05) is 18.4 Å². The van der Waals surface area contributed by atoms with Gasteiger partial charge in [-0.25, -0.2) is 4.79 Å². The van der Waals surface area contributed by atoms with Gasteiger partial charge in [0.25, 0.3) is 0 Å². The molecule has 1 aromatic rings. The molecule has 114 valence electrons. The minimum absolute atomic E-state index is 0.158. The number of piperidine rings is 1. The van der Waals surface area contributed by atoms with E-state index in [0.717, 1.165) is 11.3 Å². The normalized spacial score (nSPS) is 17.3. The van der Waals surface area contributed by atoms with E-state index in [2.05, 4.69) is 5.32 Å². The van der Waals surface area contributed by atoms with Crippen molar-refractivity contribution in [2.45, 2.75) is 33.1 Å². The number of aryl methyl sites for hydroxylation is 1. The summed E-state index contributed by atoms with van der Waals surface area (Å²) in [5.41, 5.74) is 1.23. The van der Waals surface area contributed by atoms with Crippen molar-refractivity contribution in [3.63, 3.8) is 0 Å². The van der Waals surface area contributed by atoms with Crippen LogP contribution in [0.15, 0.2) is 24.3 Å². The Kier molecular flexibility index (Phi) is 4.50. The molecule has 0 saturated carbocycles. The second-order valence-electron chi connectivity index (χ2n) is 5.72. The summed E-state index contributed by atoms with van der Waals surface area (Å²) in [6.45, 7) is 4.86. The van der Waals surface area contributed by atoms with Crippen LogP contribution < -0.4 is 5.32 Å². The number of nitrogens with one attached hydrogen (secondary N) is 1. The molecular weight excluding hydrogens is 268 g/mol. The van der Waals surface area contributed by atoms with Gasteiger partial charge in [0.05, 0.1) is 5.41 Å². The predicted molar refractivity (Wildman–Crippen MR) is 81.4 cm³/mol. The third-order valence-corrected chi connectivity index (χ3v) is 4.44. The Balaban J connectivity index is 1.94. The first-order valence-corrected chi connectivity index (χ1v) is 7.33. The van der Waals surface area contributed by atoms with Crippen molar-refractivity contribution < 1.29 is 14.7 Å². The lowest BCUT2D eigenvalue weighted by atomic mass is 9.76. The molecule has 21 heavy (non-hydrogen) atoms. The zero-order valence-corrected chi connectivity index (χ0v) is 12.6. The van der Waals surface area contributed by atoms with Crippen molar-refractivity contribution in [1.29, 1.82) is 0 Å². The van der Waals surface area contributed by atoms with Gasteiger partial charge in [-0.05, 0) is 38.3 Å². The van der Waals surface area contributed by atoms with E-state index >= 15 is 0 Å². The summed E-state index contributed by atoms with van der Waals surface area (Å²) in [6, 6.07) is 7.46. The van der Waals surface area contributed by atoms with Gasteiger partial charge >= 0.3 is 12.0 Å². The molecule has 1 saturated heterocycles. The molecule has 1 aliphatic heterocycles. The van der Waals surface area contributed by atoms with Crippen LogP contribution in [0, 0.1) is 12.3 Å². The van der Waals surface area contributed by atoms with E-state index in [9.17, 15) is 14.7 Å². The molecule has 0 atom stereocenters. The summed E-state index contributed by atoms with van der Waals surface area (Å²) in [5, 5.41) is 12.2. The van der Waals surface area contributed by atoms with Crippen LogP contribution in [0.1, 0.15) is 31.7 Å². The number of nitrogens with zero attached hydrogens (tertiary/aromatic N) is 1. The topological polar surface area (TPSA) is 69.6 Å². The number of carboxylic acid groups (broad SMARTS) is 1. The maximum Gasteiger partial charge on any atom is 0.321 e. The van der Waals surface area contributed by atoms with Crippen LogP contribution in [-0.2, 0) is 4.79 Å². The van der Waals surface area contributed by atoms with Crippen LogP contribution in [0.2, 0.25) is 0 Å². The van der Waals surface area contributed by atoms with Crippen LogP contribution >= 0.6 is 0 Å². The van der Waals surface area contributed by atoms with Crippen LogP contribution in [0.5, 0.6) is 0 Å². The minimum Gasteiger partial charge on any atom is -0.481 e. The van der Waals surface area contributed by atoms with Crippen LogP contribution in [-0.4, -0.2) is 35.1 Å². The lowest BCUT2D eigenvalue weighted by molar-refractivity contribution is -0.151. The van der Waals surface area contributed by atoms with Gasteiger partial charge in [0.15, 0.2) is 0 Å². The summed E-state index contributed by atoms with van der Waals surface area (Å²) in [5.74, 6) is -0.747. The third-order valence-electron chi connectivity index (χ3n) is 4.44. The molecule has 0 spiro atoms. The fourth-order valence-electron chi connectivity index (χ4n) is 2.70. The van der Waals surface area contributed by atoms with Gasteiger partial charge in [0, 0.05) is 18.8 Å². The van der Waals surface area contributed by atoms with Gasteiger partial charge < -0.3 is 15.3 Å². The van der Waals surface area contributed by atoms with Crippen LogP contribution in [0.3, 0.4) is 0 Å². The van der Waals surface area contributed by atoms with E-state index in [1.54, 1.807) is 4.90 Å². The number of carbonyl (C=O) groups excluding carboxylic acids is 1. The summed E-state index contributed by atoms with van der Waals surface area (Å²) in [4.78, 5) is 25.3. The van der Waals surface area contributed by atoms with Crippen molar-refractivity contribution in [3.8, 4) is 0 Å². The second-order valence-corrected chi connectivity index (χ2v) is 5.72. The Morgan fingerprint density at radius 1 is 1.24 bits per heavy atom. The number of urea groups is 1. The molecule has 2 N–H and O–H groups in total. The highest BCUT2D eigenvalue weighted by Gasteiger charge is 2.40. The summed E-state index contributed by atoms with van der Waals surface area (Å²) in [7, 11) is 0. The number of hydrogen-bond donors (Lipinski definition) is 2. The largest absolute Gasteiger partial charge is 0.481 e. The molecule has 2 amide bonds. The highest BCUT2D eigenvalue weighted by atomic mass is 16.4. The molecule has 5 nitrogen and oxygen atoms in total. The van der Waals surface area contributed by atoms with Gasteiger partial charge in [0.2, 0.25) is 0 Å². The van der Waals surface area contributed by atoms with E-state index in [4.69, 9.17) is 0 Å². The molecule has 0 aromatic heterocycles. The first-order chi connectivity index (χ1) is 9.97. The Hall–Kier alpha value is -2.04. The zero-order chi connectivity index (χ0) is 15.5. The minimum atomic E-state index is -0.747. The molecular formula is C16H22N2O3. The molecule has 5 heteroatoms. The molecule has 0 radical (unpaired) electrons. The Morgan fingerprint density at radius 2 is 1.81 bits per heavy atom. The van der Waals surface area contributed by atoms with Gasteiger partial charge in [0.1, 0.15) is 0 Å². The lowest BCUT2D eigenvalue weighted by Gasteiger charge is -2.38. The van der Waals surface area contributed by atoms with Gasteiger partial charge in [-0.15, -0.1) is 0 Å². The van der Waals surface area contributed by atoms with E-state index in [1.807, 2.05) is 38.1 Å². The van der Waals surface area contributed by atoms with Gasteiger partial charge in [-0.3, -0.25) is 4.79 Å². The van der Waals surface area contributed by atoms with E-state index in [-0.39, 0.29) is 6.03 Å². The zero-order valence-electron chi connectivity index (χ0n) is 12.6. The number of benzene rings is 1. The van der Waals surface area contributed by atoms with E-state index in [0.29, 0.717) is 32.4 Å². The molecule has 1 aromatic carbocycles. The fourth-order valence-corrected chi connectivity index (χ4v) is 2.70. The number of amides is 2. The van der Waals surface area contributed by atoms with Gasteiger partial charge in [-0.2, -0.15) is 0 Å². The van der Waals surface area contributed by atoms with Crippen molar-refractivity contribution in [2.24, 2.45) is 5.41 Å². The monoisotopic (exact) mass is 290 g/mol. The number of hydrogen-bond acceptors (Lipinski definition) is 2. The molecule has 1 aliphatic rings. The number of anilines is 1. The van der Waals surface area contributed by atoms with Crippen LogP contribution in [0.4, 0.5) is 10.5 Å². The number of aliphatic carboxylic acids is 1. The summed E-state index contributed by atoms with van der Waals surface area (Å²) in [6.07, 6.45) is 1.63. The first kappa shape index (κ1) is 15.4. The van der Waals surface area contributed by atoms with Crippen molar-refractivity contribution >= 4 is 17.7 Å². The average molecular weight is 290 g/mol. The third kappa shape index (κ3) is 3.35. The molecule has 2 rings (SSSR count). The molecule has 0 aliphatic carbocycles. The summed E-state index contributed by atoms with van der Waals surface area (Å²) >= 11 is 0. The van der Waals surface area contributed by atoms with Gasteiger partial charge in [-0.1, -0.05) is 24.6 Å². The predicted octanol–water partition coefficient (Wildman–Crippen LogP) is 3.10. The highest BCUT2D eigenvalue weighted by molar-refractivity contribution is 5.89. The van der Waals surface area contributed by atoms with E-state index in [1.165, 1.54) is 0 Å². The molecule has 1 heterocycles. The molecule has 0 bridgehead atoms. The number of likely N-dealkylation sites (tertiary alicyclic amines) is 1. The lowest BCUT2D eigenvalue weighted by Crippen LogP contribution is -2.47. The standard InChI is InChI=1S/C16H22N2O3/c1-3-16(14(19)20)8-10-18(11-9-16)15(21)17-13-6-4-12(2)5-7-13/h4-7H,3,8-11H2,1-2H3,(H,17,21)(H,19,20). The Bertz CT molecular complexity index is 517. The molecule has 0 unspecified atom stereocenters. The first-order valence-electron chi connectivity index (χ1n) is 7.33. The maximum atomic E-state index is 12.2. The fraction of sp³-hybridized carbons (Fsp3) is 0.500. The number of carbonyl (C=O) groups is 2. The maximum absolute atomic E-state index is 12.2. The van der Waals surface area contributed by atoms with E-state index < -0.39 is 11.4 Å². The smallest absolute Gasteiger partial charge is 0.321 e.